The van der Waals surface area contributed by atoms with Crippen molar-refractivity contribution in [1.82, 2.24) is 20.6 Å². The van der Waals surface area contributed by atoms with E-state index in [2.05, 4.69) is 27.5 Å². The van der Waals surface area contributed by atoms with Gasteiger partial charge in [-0.25, -0.2) is 0 Å². The van der Waals surface area contributed by atoms with Crippen molar-refractivity contribution in [2.75, 3.05) is 0 Å². The second-order valence-corrected chi connectivity index (χ2v) is 4.49. The van der Waals surface area contributed by atoms with Crippen molar-refractivity contribution in [3.8, 4) is 0 Å². The van der Waals surface area contributed by atoms with Crippen LogP contribution in [-0.4, -0.2) is 26.7 Å². The van der Waals surface area contributed by atoms with Crippen molar-refractivity contribution < 1.29 is 0 Å². The van der Waals surface area contributed by atoms with E-state index in [9.17, 15) is 0 Å². The van der Waals surface area contributed by atoms with Gasteiger partial charge in [0.25, 0.3) is 0 Å². The molecule has 1 aromatic rings. The molecule has 3 N–H and O–H groups in total. The summed E-state index contributed by atoms with van der Waals surface area (Å²) in [6.45, 7) is 2.22. The third-order valence-corrected chi connectivity index (χ3v) is 3.21. The van der Waals surface area contributed by atoms with E-state index >= 15 is 0 Å². The summed E-state index contributed by atoms with van der Waals surface area (Å²) in [5, 5.41) is 13.9. The van der Waals surface area contributed by atoms with Gasteiger partial charge in [0.1, 0.15) is 0 Å². The molecule has 84 valence electrons. The smallest absolute Gasteiger partial charge is 0.176 e. The van der Waals surface area contributed by atoms with Gasteiger partial charge in [-0.2, -0.15) is 5.21 Å². The van der Waals surface area contributed by atoms with Crippen LogP contribution in [0.4, 0.5) is 0 Å². The van der Waals surface area contributed by atoms with Gasteiger partial charge in [0.05, 0.1) is 0 Å². The van der Waals surface area contributed by atoms with Gasteiger partial charge in [-0.3, -0.25) is 0 Å². The molecular weight excluding hydrogens is 190 g/mol. The summed E-state index contributed by atoms with van der Waals surface area (Å²) in [6, 6.07) is 0.190. The Morgan fingerprint density at radius 1 is 1.53 bits per heavy atom. The minimum absolute atomic E-state index is 0.190. The lowest BCUT2D eigenvalue weighted by Crippen LogP contribution is -2.34. The number of nitrogens with two attached hydrogens (primary N) is 1. The van der Waals surface area contributed by atoms with Crippen LogP contribution in [0.15, 0.2) is 0 Å². The van der Waals surface area contributed by atoms with Crippen molar-refractivity contribution in [3.63, 3.8) is 0 Å². The average molecular weight is 209 g/mol. The molecule has 1 fully saturated rings. The molecule has 2 atom stereocenters. The first-order chi connectivity index (χ1) is 7.31. The average Bonchev–Trinajstić information content (AvgIpc) is 2.93. The van der Waals surface area contributed by atoms with Gasteiger partial charge in [-0.15, -0.1) is 10.2 Å². The fourth-order valence-corrected chi connectivity index (χ4v) is 2.29. The van der Waals surface area contributed by atoms with Crippen LogP contribution >= 0.6 is 0 Å². The standard InChI is InChI=1S/C10H19N5/c1-2-3-8(7-4-5-7)9(11)6-10-12-14-15-13-10/h7-9H,2-6,11H2,1H3,(H,12,13,14,15). The normalized spacial score (nSPS) is 20.1. The summed E-state index contributed by atoms with van der Waals surface area (Å²) in [5.41, 5.74) is 6.21. The predicted molar refractivity (Wildman–Crippen MR) is 57.0 cm³/mol. The summed E-state index contributed by atoms with van der Waals surface area (Å²) in [7, 11) is 0. The van der Waals surface area contributed by atoms with E-state index in [4.69, 9.17) is 5.73 Å². The summed E-state index contributed by atoms with van der Waals surface area (Å²) >= 11 is 0. The molecule has 0 radical (unpaired) electrons. The first kappa shape index (κ1) is 10.5. The number of hydrogen-bond donors (Lipinski definition) is 2. The number of aromatic nitrogens is 4. The highest BCUT2D eigenvalue weighted by molar-refractivity contribution is 4.92. The maximum atomic E-state index is 6.21. The quantitative estimate of drug-likeness (QED) is 0.729. The summed E-state index contributed by atoms with van der Waals surface area (Å²) in [4.78, 5) is 0. The fourth-order valence-electron chi connectivity index (χ4n) is 2.29. The van der Waals surface area contributed by atoms with Gasteiger partial charge in [-0.1, -0.05) is 18.6 Å². The number of hydrogen-bond acceptors (Lipinski definition) is 4. The largest absolute Gasteiger partial charge is 0.327 e. The van der Waals surface area contributed by atoms with Gasteiger partial charge in [0.2, 0.25) is 0 Å². The van der Waals surface area contributed by atoms with Crippen LogP contribution in [0.25, 0.3) is 0 Å². The number of nitrogens with one attached hydrogen (secondary N) is 1. The number of rotatable bonds is 6. The Kier molecular flexibility index (Phi) is 3.30. The van der Waals surface area contributed by atoms with Crippen LogP contribution < -0.4 is 5.73 Å². The number of H-pyrrole nitrogens is 1. The first-order valence-electron chi connectivity index (χ1n) is 5.79. The Morgan fingerprint density at radius 2 is 2.33 bits per heavy atom. The van der Waals surface area contributed by atoms with Gasteiger partial charge < -0.3 is 5.73 Å². The number of nitrogens with zero attached hydrogens (tertiary/aromatic N) is 3. The molecule has 0 bridgehead atoms. The lowest BCUT2D eigenvalue weighted by atomic mass is 9.88. The Bertz CT molecular complexity index is 280. The fraction of sp³-hybridized carbons (Fsp3) is 0.900. The molecule has 0 amide bonds. The monoisotopic (exact) mass is 209 g/mol. The van der Waals surface area contributed by atoms with Gasteiger partial charge in [-0.05, 0) is 31.1 Å². The maximum absolute atomic E-state index is 6.21. The van der Waals surface area contributed by atoms with E-state index in [1.807, 2.05) is 0 Å². The number of tetrazole rings is 1. The zero-order chi connectivity index (χ0) is 10.7. The van der Waals surface area contributed by atoms with Crippen molar-refractivity contribution in [1.29, 1.82) is 0 Å². The predicted octanol–water partition coefficient (Wildman–Crippen LogP) is 0.896. The highest BCUT2D eigenvalue weighted by Crippen LogP contribution is 2.40. The SMILES string of the molecule is CCCC(C(N)Cc1nn[nH]n1)C1CC1. The van der Waals surface area contributed by atoms with Crippen LogP contribution in [0, 0.1) is 11.8 Å². The van der Waals surface area contributed by atoms with Crippen LogP contribution in [0.5, 0.6) is 0 Å². The minimum atomic E-state index is 0.190. The Balaban J connectivity index is 1.89. The van der Waals surface area contributed by atoms with E-state index in [1.54, 1.807) is 0 Å². The Hall–Kier alpha value is -0.970. The zero-order valence-electron chi connectivity index (χ0n) is 9.19. The van der Waals surface area contributed by atoms with E-state index in [1.165, 1.54) is 25.7 Å². The van der Waals surface area contributed by atoms with E-state index in [0.717, 1.165) is 18.2 Å². The summed E-state index contributed by atoms with van der Waals surface area (Å²) in [5.74, 6) is 2.24. The molecule has 1 aliphatic carbocycles. The summed E-state index contributed by atoms with van der Waals surface area (Å²) in [6.07, 6.45) is 5.89. The molecule has 0 spiro atoms. The maximum Gasteiger partial charge on any atom is 0.176 e. The van der Waals surface area contributed by atoms with Gasteiger partial charge >= 0.3 is 0 Å². The van der Waals surface area contributed by atoms with Crippen LogP contribution in [0.1, 0.15) is 38.4 Å². The summed E-state index contributed by atoms with van der Waals surface area (Å²) < 4.78 is 0. The van der Waals surface area contributed by atoms with Crippen molar-refractivity contribution in [3.05, 3.63) is 5.82 Å². The molecule has 15 heavy (non-hydrogen) atoms. The van der Waals surface area contributed by atoms with E-state index in [-0.39, 0.29) is 6.04 Å². The third kappa shape index (κ3) is 2.75. The zero-order valence-corrected chi connectivity index (χ0v) is 9.19. The second kappa shape index (κ2) is 4.70. The van der Waals surface area contributed by atoms with Crippen molar-refractivity contribution in [2.24, 2.45) is 17.6 Å². The topological polar surface area (TPSA) is 80.5 Å². The molecule has 1 saturated carbocycles. The third-order valence-electron chi connectivity index (χ3n) is 3.21. The van der Waals surface area contributed by atoms with Crippen molar-refractivity contribution >= 4 is 0 Å². The van der Waals surface area contributed by atoms with Crippen LogP contribution in [0.3, 0.4) is 0 Å². The lowest BCUT2D eigenvalue weighted by molar-refractivity contribution is 0.341. The molecule has 1 aliphatic rings. The highest BCUT2D eigenvalue weighted by atomic mass is 15.5. The molecule has 1 aromatic heterocycles. The van der Waals surface area contributed by atoms with Crippen LogP contribution in [-0.2, 0) is 6.42 Å². The molecule has 2 rings (SSSR count). The van der Waals surface area contributed by atoms with Crippen LogP contribution in [0.2, 0.25) is 0 Å². The first-order valence-corrected chi connectivity index (χ1v) is 5.79. The van der Waals surface area contributed by atoms with Crippen molar-refractivity contribution in [2.45, 2.75) is 45.1 Å². The van der Waals surface area contributed by atoms with Gasteiger partial charge in [0, 0.05) is 12.5 Å². The molecule has 5 heteroatoms. The van der Waals surface area contributed by atoms with E-state index < -0.39 is 0 Å². The second-order valence-electron chi connectivity index (χ2n) is 4.49. The lowest BCUT2D eigenvalue weighted by Gasteiger charge is -2.22. The molecule has 0 saturated heterocycles. The highest BCUT2D eigenvalue weighted by Gasteiger charge is 2.34. The number of aromatic amines is 1. The molecule has 2 unspecified atom stereocenters. The molecular formula is C10H19N5. The molecule has 0 aliphatic heterocycles. The minimum Gasteiger partial charge on any atom is -0.327 e. The van der Waals surface area contributed by atoms with E-state index in [0.29, 0.717) is 5.92 Å². The molecule has 0 aromatic carbocycles. The van der Waals surface area contributed by atoms with Gasteiger partial charge in [0.15, 0.2) is 5.82 Å². The Labute approximate surface area is 89.8 Å². The Morgan fingerprint density at radius 3 is 2.87 bits per heavy atom. The molecule has 5 nitrogen and oxygen atoms in total. The molecule has 1 heterocycles.